The summed E-state index contributed by atoms with van der Waals surface area (Å²) in [7, 11) is 0. The molecule has 35 heavy (non-hydrogen) atoms. The van der Waals surface area contributed by atoms with Crippen molar-refractivity contribution in [1.82, 2.24) is 9.80 Å². The van der Waals surface area contributed by atoms with E-state index in [2.05, 4.69) is 9.80 Å². The molecule has 0 aliphatic carbocycles. The molecule has 0 atom stereocenters. The van der Waals surface area contributed by atoms with E-state index in [0.717, 1.165) is 47.1 Å². The first-order valence-electron chi connectivity index (χ1n) is 12.3. The van der Waals surface area contributed by atoms with Gasteiger partial charge in [0.25, 0.3) is 0 Å². The van der Waals surface area contributed by atoms with E-state index in [1.54, 1.807) is 11.8 Å². The van der Waals surface area contributed by atoms with Gasteiger partial charge in [-0.05, 0) is 52.0 Å². The van der Waals surface area contributed by atoms with E-state index in [4.69, 9.17) is 9.47 Å². The standard InChI is InChI=1S/C28H36N2O4S/c1-27(2,29-13-17-33-18-14-29)25(31)21-5-9-23(10-6-21)35-24-11-7-22(8-12-24)26(32)28(3,4)30-15-19-34-20-16-30/h5-12H,13-20H2,1-4H3. The fraction of sp³-hybridized carbons (Fsp3) is 0.500. The third kappa shape index (κ3) is 5.87. The number of hydrogen-bond acceptors (Lipinski definition) is 7. The maximum atomic E-state index is 13.2. The zero-order valence-electron chi connectivity index (χ0n) is 21.2. The van der Waals surface area contributed by atoms with Crippen LogP contribution < -0.4 is 0 Å². The van der Waals surface area contributed by atoms with Crippen molar-refractivity contribution in [3.63, 3.8) is 0 Å². The minimum atomic E-state index is -0.560. The Morgan fingerprint density at radius 3 is 1.26 bits per heavy atom. The second kappa shape index (κ2) is 10.9. The predicted molar refractivity (Wildman–Crippen MR) is 139 cm³/mol. The number of Topliss-reactive ketones (excluding diaryl/α,β-unsaturated/α-hetero) is 2. The Hall–Kier alpha value is -2.03. The van der Waals surface area contributed by atoms with Crippen LogP contribution >= 0.6 is 11.8 Å². The molecule has 6 nitrogen and oxygen atoms in total. The number of nitrogens with zero attached hydrogens (tertiary/aromatic N) is 2. The molecule has 2 aliphatic heterocycles. The summed E-state index contributed by atoms with van der Waals surface area (Å²) in [6, 6.07) is 15.6. The summed E-state index contributed by atoms with van der Waals surface area (Å²) in [5.41, 5.74) is 0.320. The van der Waals surface area contributed by atoms with E-state index < -0.39 is 11.1 Å². The topological polar surface area (TPSA) is 59.1 Å². The molecule has 0 spiro atoms. The Balaban J connectivity index is 1.39. The highest BCUT2D eigenvalue weighted by Crippen LogP contribution is 2.30. The molecule has 0 amide bonds. The lowest BCUT2D eigenvalue weighted by molar-refractivity contribution is -0.00443. The van der Waals surface area contributed by atoms with Gasteiger partial charge in [0.15, 0.2) is 11.6 Å². The molecule has 0 N–H and O–H groups in total. The molecule has 0 bridgehead atoms. The first-order chi connectivity index (χ1) is 16.7. The highest BCUT2D eigenvalue weighted by atomic mass is 32.2. The number of ketones is 2. The molecule has 2 aliphatic rings. The van der Waals surface area contributed by atoms with Crippen LogP contribution in [0.1, 0.15) is 48.4 Å². The van der Waals surface area contributed by atoms with Gasteiger partial charge in [0.05, 0.1) is 37.5 Å². The Kier molecular flexibility index (Phi) is 8.13. The molecule has 2 fully saturated rings. The Bertz CT molecular complexity index is 938. The van der Waals surface area contributed by atoms with Crippen LogP contribution in [0, 0.1) is 0 Å². The molecule has 2 aromatic carbocycles. The van der Waals surface area contributed by atoms with E-state index >= 15 is 0 Å². The summed E-state index contributed by atoms with van der Waals surface area (Å²) in [6.45, 7) is 13.7. The van der Waals surface area contributed by atoms with E-state index in [1.165, 1.54) is 0 Å². The largest absolute Gasteiger partial charge is 0.379 e. The summed E-state index contributed by atoms with van der Waals surface area (Å²) >= 11 is 1.62. The smallest absolute Gasteiger partial charge is 0.182 e. The van der Waals surface area contributed by atoms with Gasteiger partial charge in [0, 0.05) is 47.1 Å². The molecule has 0 saturated carbocycles. The molecular weight excluding hydrogens is 460 g/mol. The van der Waals surface area contributed by atoms with Crippen molar-refractivity contribution in [2.24, 2.45) is 0 Å². The van der Waals surface area contributed by atoms with Crippen LogP contribution in [0.4, 0.5) is 0 Å². The summed E-state index contributed by atoms with van der Waals surface area (Å²) in [5.74, 6) is 0.253. The molecule has 188 valence electrons. The molecule has 4 rings (SSSR count). The number of carbonyl (C=O) groups excluding carboxylic acids is 2. The van der Waals surface area contributed by atoms with Gasteiger partial charge in [-0.1, -0.05) is 36.0 Å². The number of ether oxygens (including phenoxy) is 2. The van der Waals surface area contributed by atoms with Crippen molar-refractivity contribution in [3.8, 4) is 0 Å². The average Bonchev–Trinajstić information content (AvgIpc) is 2.89. The zero-order chi connectivity index (χ0) is 25.1. The molecule has 2 aromatic rings. The lowest BCUT2D eigenvalue weighted by atomic mass is 9.91. The van der Waals surface area contributed by atoms with Gasteiger partial charge in [-0.2, -0.15) is 0 Å². The molecule has 0 radical (unpaired) electrons. The zero-order valence-corrected chi connectivity index (χ0v) is 22.0. The minimum absolute atomic E-state index is 0.127. The molecule has 2 heterocycles. The lowest BCUT2D eigenvalue weighted by Crippen LogP contribution is -2.54. The summed E-state index contributed by atoms with van der Waals surface area (Å²) < 4.78 is 10.9. The highest BCUT2D eigenvalue weighted by Gasteiger charge is 2.37. The quantitative estimate of drug-likeness (QED) is 0.501. The summed E-state index contributed by atoms with van der Waals surface area (Å²) in [5, 5.41) is 0. The highest BCUT2D eigenvalue weighted by molar-refractivity contribution is 7.99. The van der Waals surface area contributed by atoms with Crippen molar-refractivity contribution in [2.75, 3.05) is 52.6 Å². The van der Waals surface area contributed by atoms with Gasteiger partial charge in [0.2, 0.25) is 0 Å². The lowest BCUT2D eigenvalue weighted by Gasteiger charge is -2.39. The number of hydrogen-bond donors (Lipinski definition) is 0. The van der Waals surface area contributed by atoms with Crippen molar-refractivity contribution < 1.29 is 19.1 Å². The van der Waals surface area contributed by atoms with E-state index in [-0.39, 0.29) is 11.6 Å². The van der Waals surface area contributed by atoms with Crippen LogP contribution in [0.15, 0.2) is 58.3 Å². The van der Waals surface area contributed by atoms with Crippen LogP contribution in [0.25, 0.3) is 0 Å². The number of carbonyl (C=O) groups is 2. The van der Waals surface area contributed by atoms with Gasteiger partial charge in [-0.15, -0.1) is 0 Å². The summed E-state index contributed by atoms with van der Waals surface area (Å²) in [6.07, 6.45) is 0. The third-order valence-corrected chi connectivity index (χ3v) is 8.20. The Morgan fingerprint density at radius 1 is 0.629 bits per heavy atom. The van der Waals surface area contributed by atoms with E-state index in [0.29, 0.717) is 26.4 Å². The number of benzene rings is 2. The van der Waals surface area contributed by atoms with Crippen LogP contribution in [0.2, 0.25) is 0 Å². The fourth-order valence-electron chi connectivity index (χ4n) is 4.72. The molecule has 0 unspecified atom stereocenters. The van der Waals surface area contributed by atoms with Gasteiger partial charge < -0.3 is 9.47 Å². The third-order valence-electron chi connectivity index (χ3n) is 7.18. The second-order valence-corrected chi connectivity index (χ2v) is 11.3. The Morgan fingerprint density at radius 2 is 0.943 bits per heavy atom. The molecule has 0 aromatic heterocycles. The normalized spacial score (nSPS) is 18.4. The van der Waals surface area contributed by atoms with Crippen LogP contribution in [0.3, 0.4) is 0 Å². The van der Waals surface area contributed by atoms with Crippen molar-refractivity contribution in [1.29, 1.82) is 0 Å². The predicted octanol–water partition coefficient (Wildman–Crippen LogP) is 4.42. The van der Waals surface area contributed by atoms with E-state index in [1.807, 2.05) is 76.2 Å². The number of rotatable bonds is 8. The van der Waals surface area contributed by atoms with E-state index in [9.17, 15) is 9.59 Å². The summed E-state index contributed by atoms with van der Waals surface area (Å²) in [4.78, 5) is 32.9. The van der Waals surface area contributed by atoms with Crippen LogP contribution in [-0.2, 0) is 9.47 Å². The maximum Gasteiger partial charge on any atom is 0.182 e. The maximum absolute atomic E-state index is 13.2. The Labute approximate surface area is 213 Å². The van der Waals surface area contributed by atoms with Gasteiger partial charge >= 0.3 is 0 Å². The fourth-order valence-corrected chi connectivity index (χ4v) is 5.54. The van der Waals surface area contributed by atoms with Crippen LogP contribution in [-0.4, -0.2) is 85.1 Å². The van der Waals surface area contributed by atoms with Crippen LogP contribution in [0.5, 0.6) is 0 Å². The first kappa shape index (κ1) is 26.0. The van der Waals surface area contributed by atoms with Gasteiger partial charge in [-0.25, -0.2) is 0 Å². The monoisotopic (exact) mass is 496 g/mol. The minimum Gasteiger partial charge on any atom is -0.379 e. The molecule has 2 saturated heterocycles. The molecule has 7 heteroatoms. The first-order valence-corrected chi connectivity index (χ1v) is 13.1. The van der Waals surface area contributed by atoms with Crippen molar-refractivity contribution >= 4 is 23.3 Å². The van der Waals surface area contributed by atoms with Crippen molar-refractivity contribution in [3.05, 3.63) is 59.7 Å². The average molecular weight is 497 g/mol. The number of morpholine rings is 2. The second-order valence-electron chi connectivity index (χ2n) is 10.1. The van der Waals surface area contributed by atoms with Gasteiger partial charge in [-0.3, -0.25) is 19.4 Å². The SMILES string of the molecule is CC(C)(C(=O)c1ccc(Sc2ccc(C(=O)C(C)(C)N3CCOCC3)cc2)cc1)N1CCOCC1. The van der Waals surface area contributed by atoms with Gasteiger partial charge in [0.1, 0.15) is 0 Å². The van der Waals surface area contributed by atoms with Crippen molar-refractivity contribution in [2.45, 2.75) is 48.6 Å². The molecular formula is C28H36N2O4S.